The molecule has 3 rings (SSSR count). The molecule has 1 fully saturated rings. The third-order valence-corrected chi connectivity index (χ3v) is 6.18. The van der Waals surface area contributed by atoms with Crippen LogP contribution in [-0.2, 0) is 9.31 Å². The molecular formula is C26H33BO3. The third-order valence-electron chi connectivity index (χ3n) is 6.18. The summed E-state index contributed by atoms with van der Waals surface area (Å²) in [5.41, 5.74) is 4.14. The molecule has 0 unspecified atom stereocenters. The van der Waals surface area contributed by atoms with Crippen molar-refractivity contribution >= 4 is 18.8 Å². The monoisotopic (exact) mass is 404 g/mol. The summed E-state index contributed by atoms with van der Waals surface area (Å²) in [7, 11) is 1.36. The molecule has 0 aliphatic carbocycles. The van der Waals surface area contributed by atoms with Crippen molar-refractivity contribution in [3.8, 4) is 5.75 Å². The molecule has 1 aliphatic heterocycles. The first-order valence-electron chi connectivity index (χ1n) is 10.7. The number of benzene rings is 2. The fourth-order valence-electron chi connectivity index (χ4n) is 3.61. The lowest BCUT2D eigenvalue weighted by Crippen LogP contribution is -2.41. The van der Waals surface area contributed by atoms with Gasteiger partial charge < -0.3 is 14.0 Å². The summed E-state index contributed by atoms with van der Waals surface area (Å²) < 4.78 is 18.0. The molecule has 0 spiro atoms. The summed E-state index contributed by atoms with van der Waals surface area (Å²) in [5, 5.41) is 0. The minimum atomic E-state index is -0.348. The molecule has 1 saturated heterocycles. The smallest absolute Gasteiger partial charge is 0.490 e. The summed E-state index contributed by atoms with van der Waals surface area (Å²) in [6, 6.07) is 18.6. The van der Waals surface area contributed by atoms with E-state index in [1.165, 1.54) is 16.6 Å². The predicted molar refractivity (Wildman–Crippen MR) is 126 cm³/mol. The zero-order valence-corrected chi connectivity index (χ0v) is 19.1. The molecule has 2 aromatic carbocycles. The van der Waals surface area contributed by atoms with Crippen LogP contribution in [0.4, 0.5) is 0 Å². The topological polar surface area (TPSA) is 27.7 Å². The van der Waals surface area contributed by atoms with Crippen LogP contribution in [0.1, 0.15) is 58.6 Å². The van der Waals surface area contributed by atoms with Crippen molar-refractivity contribution in [3.05, 3.63) is 77.3 Å². The molecule has 0 N–H and O–H groups in total. The van der Waals surface area contributed by atoms with Gasteiger partial charge in [-0.05, 0) is 74.8 Å². The second-order valence-electron chi connectivity index (χ2n) is 8.69. The first-order valence-corrected chi connectivity index (χ1v) is 10.7. The van der Waals surface area contributed by atoms with Crippen LogP contribution >= 0.6 is 0 Å². The number of allylic oxidation sites excluding steroid dienone is 3. The van der Waals surface area contributed by atoms with E-state index < -0.39 is 0 Å². The molecule has 30 heavy (non-hydrogen) atoms. The van der Waals surface area contributed by atoms with Crippen LogP contribution in [0, 0.1) is 0 Å². The molecule has 2 aromatic rings. The van der Waals surface area contributed by atoms with Crippen LogP contribution in [0.5, 0.6) is 5.75 Å². The van der Waals surface area contributed by atoms with Crippen molar-refractivity contribution in [2.75, 3.05) is 7.11 Å². The Balaban J connectivity index is 1.92. The maximum Gasteiger partial charge on any atom is 0.490 e. The van der Waals surface area contributed by atoms with Gasteiger partial charge in [0, 0.05) is 0 Å². The van der Waals surface area contributed by atoms with E-state index in [-0.39, 0.29) is 18.3 Å². The second-order valence-corrected chi connectivity index (χ2v) is 8.69. The van der Waals surface area contributed by atoms with Crippen LogP contribution < -0.4 is 4.74 Å². The predicted octanol–water partition coefficient (Wildman–Crippen LogP) is 6.59. The highest BCUT2D eigenvalue weighted by molar-refractivity contribution is 6.56. The van der Waals surface area contributed by atoms with E-state index in [2.05, 4.69) is 89.2 Å². The summed E-state index contributed by atoms with van der Waals surface area (Å²) in [4.78, 5) is 0. The molecule has 3 nitrogen and oxygen atoms in total. The van der Waals surface area contributed by atoms with Gasteiger partial charge in [-0.15, -0.1) is 0 Å². The Morgan fingerprint density at radius 1 is 0.933 bits per heavy atom. The Bertz CT molecular complexity index is 880. The van der Waals surface area contributed by atoms with E-state index in [4.69, 9.17) is 14.0 Å². The average molecular weight is 404 g/mol. The van der Waals surface area contributed by atoms with Gasteiger partial charge in [0.25, 0.3) is 0 Å². The van der Waals surface area contributed by atoms with Crippen molar-refractivity contribution in [2.45, 2.75) is 58.7 Å². The molecule has 0 aromatic heterocycles. The van der Waals surface area contributed by atoms with Gasteiger partial charge in [-0.3, -0.25) is 0 Å². The molecule has 158 valence electrons. The highest BCUT2D eigenvalue weighted by Gasteiger charge is 2.52. The summed E-state index contributed by atoms with van der Waals surface area (Å²) in [6.45, 7) is 10.6. The number of hydrogen-bond acceptors (Lipinski definition) is 3. The standard InChI is InChI=1S/C26H33BO3/c1-7-24(27-29-25(2,3)26(4,5)30-27)23(21-13-9-8-10-14-21)15-11-12-20-16-18-22(28-6)19-17-20/h8-14,16-19H,7,15H2,1-6H3/b12-11+,24-23+. The molecule has 0 atom stereocenters. The van der Waals surface area contributed by atoms with Gasteiger partial charge in [0.1, 0.15) is 5.75 Å². The van der Waals surface area contributed by atoms with Crippen molar-refractivity contribution in [1.29, 1.82) is 0 Å². The zero-order valence-electron chi connectivity index (χ0n) is 19.1. The van der Waals surface area contributed by atoms with Gasteiger partial charge in [0.05, 0.1) is 18.3 Å². The van der Waals surface area contributed by atoms with E-state index in [0.717, 1.165) is 24.2 Å². The molecule has 4 heteroatoms. The van der Waals surface area contributed by atoms with E-state index in [9.17, 15) is 0 Å². The lowest BCUT2D eigenvalue weighted by atomic mass is 9.71. The van der Waals surface area contributed by atoms with Crippen LogP contribution in [0.25, 0.3) is 11.6 Å². The first kappa shape index (κ1) is 22.4. The highest BCUT2D eigenvalue weighted by Crippen LogP contribution is 2.41. The first-order chi connectivity index (χ1) is 14.3. The highest BCUT2D eigenvalue weighted by atomic mass is 16.7. The van der Waals surface area contributed by atoms with E-state index in [1.807, 2.05) is 12.1 Å². The fraction of sp³-hybridized carbons (Fsp3) is 0.385. The molecule has 1 aliphatic rings. The summed E-state index contributed by atoms with van der Waals surface area (Å²) in [6.07, 6.45) is 6.05. The van der Waals surface area contributed by atoms with Gasteiger partial charge in [-0.25, -0.2) is 0 Å². The van der Waals surface area contributed by atoms with Gasteiger partial charge >= 0.3 is 7.12 Å². The SMILES string of the molecule is CC/C(B1OC(C)(C)C(C)(C)O1)=C(/C/C=C/c1ccc(OC)cc1)c1ccccc1. The van der Waals surface area contributed by atoms with Crippen LogP contribution in [0.2, 0.25) is 0 Å². The van der Waals surface area contributed by atoms with Crippen molar-refractivity contribution < 1.29 is 14.0 Å². The Hall–Kier alpha value is -2.30. The molecule has 0 amide bonds. The quantitative estimate of drug-likeness (QED) is 0.487. The third kappa shape index (κ3) is 4.88. The van der Waals surface area contributed by atoms with E-state index >= 15 is 0 Å². The number of rotatable bonds is 7. The lowest BCUT2D eigenvalue weighted by Gasteiger charge is -2.32. The van der Waals surface area contributed by atoms with Gasteiger partial charge in [0.2, 0.25) is 0 Å². The van der Waals surface area contributed by atoms with E-state index in [1.54, 1.807) is 7.11 Å². The number of ether oxygens (including phenoxy) is 1. The van der Waals surface area contributed by atoms with Crippen LogP contribution in [-0.4, -0.2) is 25.4 Å². The largest absolute Gasteiger partial charge is 0.497 e. The molecule has 0 radical (unpaired) electrons. The summed E-state index contributed by atoms with van der Waals surface area (Å²) in [5.74, 6) is 0.867. The fourth-order valence-corrected chi connectivity index (χ4v) is 3.61. The van der Waals surface area contributed by atoms with Crippen LogP contribution in [0.3, 0.4) is 0 Å². The average Bonchev–Trinajstić information content (AvgIpc) is 2.95. The number of hydrogen-bond donors (Lipinski definition) is 0. The second kappa shape index (κ2) is 9.24. The Kier molecular flexibility index (Phi) is 6.89. The van der Waals surface area contributed by atoms with Gasteiger partial charge in [-0.1, -0.05) is 61.5 Å². The minimum Gasteiger partial charge on any atom is -0.497 e. The van der Waals surface area contributed by atoms with Gasteiger partial charge in [-0.2, -0.15) is 0 Å². The van der Waals surface area contributed by atoms with E-state index in [0.29, 0.717) is 0 Å². The lowest BCUT2D eigenvalue weighted by molar-refractivity contribution is 0.00578. The Labute approximate surface area is 181 Å². The maximum atomic E-state index is 6.39. The maximum absolute atomic E-state index is 6.39. The molecular weight excluding hydrogens is 371 g/mol. The molecule has 1 heterocycles. The Morgan fingerprint density at radius 3 is 2.07 bits per heavy atom. The molecule has 0 saturated carbocycles. The number of methoxy groups -OCH3 is 1. The van der Waals surface area contributed by atoms with Crippen molar-refractivity contribution in [3.63, 3.8) is 0 Å². The Morgan fingerprint density at radius 2 is 1.53 bits per heavy atom. The van der Waals surface area contributed by atoms with Crippen molar-refractivity contribution in [2.24, 2.45) is 0 Å². The zero-order chi connectivity index (χ0) is 21.8. The van der Waals surface area contributed by atoms with Crippen molar-refractivity contribution in [1.82, 2.24) is 0 Å². The molecule has 0 bridgehead atoms. The van der Waals surface area contributed by atoms with Gasteiger partial charge in [0.15, 0.2) is 0 Å². The minimum absolute atomic E-state index is 0.329. The summed E-state index contributed by atoms with van der Waals surface area (Å²) >= 11 is 0. The van der Waals surface area contributed by atoms with Crippen LogP contribution in [0.15, 0.2) is 66.1 Å². The normalized spacial score (nSPS) is 18.5.